The summed E-state index contributed by atoms with van der Waals surface area (Å²) in [4.78, 5) is 44.3. The maximum absolute atomic E-state index is 13.0. The average Bonchev–Trinajstić information content (AvgIpc) is 3.63. The van der Waals surface area contributed by atoms with Crippen molar-refractivity contribution in [1.29, 1.82) is 0 Å². The molecule has 5 rings (SSSR count). The van der Waals surface area contributed by atoms with E-state index in [2.05, 4.69) is 31.7 Å². The molecule has 0 saturated heterocycles. The molecule has 1 atom stereocenters. The first-order valence-electron chi connectivity index (χ1n) is 13.1. The number of carbonyl (C=O) groups excluding carboxylic acids is 2. The Morgan fingerprint density at radius 3 is 2.57 bits per heavy atom. The number of hydrogen-bond donors (Lipinski definition) is 3. The van der Waals surface area contributed by atoms with Gasteiger partial charge >= 0.3 is 18.3 Å². The van der Waals surface area contributed by atoms with Crippen LogP contribution < -0.4 is 15.8 Å². The molecule has 0 unspecified atom stereocenters. The molecule has 230 valence electrons. The van der Waals surface area contributed by atoms with E-state index in [4.69, 9.17) is 10.5 Å². The molecule has 2 aromatic heterocycles. The predicted octanol–water partition coefficient (Wildman–Crippen LogP) is 3.93. The van der Waals surface area contributed by atoms with E-state index in [0.29, 0.717) is 24.9 Å². The Labute approximate surface area is 248 Å². The van der Waals surface area contributed by atoms with Crippen LogP contribution in [-0.2, 0) is 17.7 Å². The van der Waals surface area contributed by atoms with Gasteiger partial charge in [-0.3, -0.25) is 4.79 Å². The fraction of sp³-hybridized carbons (Fsp3) is 0.241. The average molecular weight is 613 g/mol. The number of amides is 1. The third kappa shape index (κ3) is 7.36. The van der Waals surface area contributed by atoms with Gasteiger partial charge in [0.05, 0.1) is 11.6 Å². The molecule has 15 heteroatoms. The van der Waals surface area contributed by atoms with Crippen LogP contribution in [0.4, 0.5) is 13.2 Å². The third-order valence-corrected chi connectivity index (χ3v) is 6.65. The maximum Gasteiger partial charge on any atom is 0.573 e. The smallest absolute Gasteiger partial charge is 0.477 e. The molecule has 2 heterocycles. The van der Waals surface area contributed by atoms with Crippen molar-refractivity contribution in [2.24, 2.45) is 5.73 Å². The molecule has 2 aromatic carbocycles. The number of alkyl halides is 3. The Hall–Kier alpha value is -5.31. The second-order valence-corrected chi connectivity index (χ2v) is 9.46. The fourth-order valence-electron chi connectivity index (χ4n) is 4.61. The summed E-state index contributed by atoms with van der Waals surface area (Å²) < 4.78 is 45.0. The van der Waals surface area contributed by atoms with Gasteiger partial charge in [0.15, 0.2) is 5.69 Å². The lowest BCUT2D eigenvalue weighted by molar-refractivity contribution is -0.274. The molecule has 1 aliphatic carbocycles. The highest BCUT2D eigenvalue weighted by atomic mass is 19.4. The van der Waals surface area contributed by atoms with E-state index in [9.17, 15) is 32.7 Å². The Kier molecular flexibility index (Phi) is 9.58. The number of aromatic carboxylic acids is 1. The van der Waals surface area contributed by atoms with Crippen LogP contribution in [0, 0.1) is 6.92 Å². The highest BCUT2D eigenvalue weighted by molar-refractivity contribution is 5.96. The number of hydrogen-bond acceptors (Lipinski definition) is 9. The van der Waals surface area contributed by atoms with E-state index in [1.165, 1.54) is 47.3 Å². The van der Waals surface area contributed by atoms with Crippen LogP contribution >= 0.6 is 0 Å². The monoisotopic (exact) mass is 612 g/mol. The summed E-state index contributed by atoms with van der Waals surface area (Å²) in [6.45, 7) is 5.82. The highest BCUT2D eigenvalue weighted by Gasteiger charge is 2.31. The number of nitrogens with zero attached hydrogens (tertiary/aromatic N) is 4. The maximum atomic E-state index is 13.0. The highest BCUT2D eigenvalue weighted by Crippen LogP contribution is 2.35. The van der Waals surface area contributed by atoms with E-state index in [1.54, 1.807) is 6.07 Å². The minimum atomic E-state index is -4.63. The summed E-state index contributed by atoms with van der Waals surface area (Å²) in [6.07, 6.45) is -0.599. The normalized spacial score (nSPS) is 13.8. The molecule has 4 N–H and O–H groups in total. The number of halogens is 3. The van der Waals surface area contributed by atoms with Gasteiger partial charge in [0.25, 0.3) is 11.7 Å². The second kappa shape index (κ2) is 13.3. The summed E-state index contributed by atoms with van der Waals surface area (Å²) in [7, 11) is 0. The number of fused-ring (bicyclic) bond motifs is 2. The minimum absolute atomic E-state index is 0.0229. The molecule has 0 fully saturated rings. The van der Waals surface area contributed by atoms with Gasteiger partial charge in [-0.1, -0.05) is 30.9 Å². The summed E-state index contributed by atoms with van der Waals surface area (Å²) in [5.41, 5.74) is 8.95. The molecule has 12 nitrogen and oxygen atoms in total. The van der Waals surface area contributed by atoms with Crippen LogP contribution in [0.2, 0.25) is 0 Å². The largest absolute Gasteiger partial charge is 0.573 e. The Bertz CT molecular complexity index is 1700. The summed E-state index contributed by atoms with van der Waals surface area (Å²) >= 11 is 0. The number of aromatic nitrogens is 4. The van der Waals surface area contributed by atoms with Crippen LogP contribution in [0.1, 0.15) is 66.1 Å². The minimum Gasteiger partial charge on any atom is -0.477 e. The van der Waals surface area contributed by atoms with Gasteiger partial charge in [0.1, 0.15) is 24.4 Å². The zero-order chi connectivity index (χ0) is 32.0. The van der Waals surface area contributed by atoms with Crippen molar-refractivity contribution in [3.8, 4) is 5.75 Å². The first kappa shape index (κ1) is 31.6. The van der Waals surface area contributed by atoms with Crippen molar-refractivity contribution in [3.63, 3.8) is 0 Å². The van der Waals surface area contributed by atoms with Crippen molar-refractivity contribution >= 4 is 23.6 Å². The molecule has 0 bridgehead atoms. The molecule has 1 amide bonds. The van der Waals surface area contributed by atoms with Crippen LogP contribution in [0.15, 0.2) is 61.4 Å². The molecule has 0 radical (unpaired) electrons. The van der Waals surface area contributed by atoms with Gasteiger partial charge in [0, 0.05) is 12.6 Å². The number of rotatable bonds is 8. The van der Waals surface area contributed by atoms with Crippen LogP contribution in [-0.4, -0.2) is 55.5 Å². The zero-order valence-electron chi connectivity index (χ0n) is 23.3. The first-order chi connectivity index (χ1) is 20.9. The number of nitrogens with one attached hydrogen (secondary N) is 1. The van der Waals surface area contributed by atoms with Crippen molar-refractivity contribution in [3.05, 3.63) is 101 Å². The van der Waals surface area contributed by atoms with Crippen LogP contribution in [0.25, 0.3) is 5.78 Å². The Balaban J connectivity index is 0.000000285. The van der Waals surface area contributed by atoms with E-state index in [-0.39, 0.29) is 35.6 Å². The number of carbonyl (C=O) groups is 3. The topological polar surface area (TPSA) is 171 Å². The van der Waals surface area contributed by atoms with E-state index in [0.717, 1.165) is 22.3 Å². The quantitative estimate of drug-likeness (QED) is 0.196. The molecule has 4 aromatic rings. The van der Waals surface area contributed by atoms with Gasteiger partial charge in [0.2, 0.25) is 0 Å². The summed E-state index contributed by atoms with van der Waals surface area (Å²) in [6, 6.07) is 9.81. The van der Waals surface area contributed by atoms with Crippen LogP contribution in [0.3, 0.4) is 0 Å². The Morgan fingerprint density at radius 1 is 1.20 bits per heavy atom. The van der Waals surface area contributed by atoms with Gasteiger partial charge in [-0.25, -0.2) is 14.6 Å². The number of benzene rings is 2. The van der Waals surface area contributed by atoms with Crippen molar-refractivity contribution in [2.75, 3.05) is 6.61 Å². The molecule has 0 spiro atoms. The number of nitrogens with two attached hydrogens (primary N) is 1. The van der Waals surface area contributed by atoms with Gasteiger partial charge in [-0.15, -0.1) is 13.2 Å². The standard InChI is InChI=1S/C21H19N5O5.C8H8F3NO/c1-3-8-31-20(30)13-4-5-14-12(11(13)2)6-7-15(14)24-18(27)17-9-16(19(28)29)25-21-22-10-23-26(17)21;9-8(10,11)13-7-3-1-6(5-12)2-4-7/h3-5,9-10,15H,1,6-8H2,2H3,(H,24,27)(H,28,29);1-4H,5,12H2/t15-;/m0./s1. The first-order valence-corrected chi connectivity index (χ1v) is 13.1. The SMILES string of the molecule is C=CCOC(=O)c1ccc2c(c1C)CC[C@@H]2NC(=O)c1cc(C(=O)O)nc2ncnn12.NCc1ccc(OC(F)(F)F)cc1. The van der Waals surface area contributed by atoms with Crippen LogP contribution in [0.5, 0.6) is 5.75 Å². The molecular formula is C29H27F3N6O6. The van der Waals surface area contributed by atoms with Gasteiger partial charge in [-0.2, -0.15) is 14.6 Å². The number of carboxylic acids is 1. The van der Waals surface area contributed by atoms with E-state index >= 15 is 0 Å². The van der Waals surface area contributed by atoms with Crippen molar-refractivity contribution in [2.45, 2.75) is 38.7 Å². The van der Waals surface area contributed by atoms with Crippen molar-refractivity contribution in [1.82, 2.24) is 24.9 Å². The van der Waals surface area contributed by atoms with E-state index < -0.39 is 24.2 Å². The fourth-order valence-corrected chi connectivity index (χ4v) is 4.61. The van der Waals surface area contributed by atoms with Crippen molar-refractivity contribution < 1.29 is 42.1 Å². The number of carboxylic acid groups (broad SMARTS) is 1. The third-order valence-electron chi connectivity index (χ3n) is 6.65. The predicted molar refractivity (Wildman–Crippen MR) is 149 cm³/mol. The van der Waals surface area contributed by atoms with Gasteiger partial charge in [-0.05, 0) is 60.2 Å². The molecule has 0 aliphatic heterocycles. The molecule has 1 aliphatic rings. The summed E-state index contributed by atoms with van der Waals surface area (Å²) in [5, 5.41) is 16.2. The lowest BCUT2D eigenvalue weighted by Crippen LogP contribution is -2.29. The summed E-state index contributed by atoms with van der Waals surface area (Å²) in [5.74, 6) is -2.39. The van der Waals surface area contributed by atoms with Gasteiger partial charge < -0.3 is 25.6 Å². The van der Waals surface area contributed by atoms with E-state index in [1.807, 2.05) is 13.0 Å². The number of esters is 1. The zero-order valence-corrected chi connectivity index (χ0v) is 23.3. The Morgan fingerprint density at radius 2 is 1.93 bits per heavy atom. The molecule has 0 saturated carbocycles. The lowest BCUT2D eigenvalue weighted by atomic mass is 9.98. The lowest BCUT2D eigenvalue weighted by Gasteiger charge is -2.16. The second-order valence-electron chi connectivity index (χ2n) is 9.46. The molecule has 44 heavy (non-hydrogen) atoms. The number of ether oxygens (including phenoxy) is 2. The molecular weight excluding hydrogens is 585 g/mol.